The van der Waals surface area contributed by atoms with Crippen molar-refractivity contribution >= 4 is 15.9 Å². The Labute approximate surface area is 133 Å². The Morgan fingerprint density at radius 3 is 2.76 bits per heavy atom. The molecule has 1 fully saturated rings. The summed E-state index contributed by atoms with van der Waals surface area (Å²) in [4.78, 5) is 4.46. The van der Waals surface area contributed by atoms with Gasteiger partial charge < -0.3 is 10.1 Å². The number of nitrogens with one attached hydrogen (secondary N) is 1. The van der Waals surface area contributed by atoms with Crippen LogP contribution in [0.5, 0.6) is 0 Å². The van der Waals surface area contributed by atoms with Crippen LogP contribution in [0.4, 0.5) is 0 Å². The van der Waals surface area contributed by atoms with E-state index < -0.39 is 0 Å². The summed E-state index contributed by atoms with van der Waals surface area (Å²) in [5.74, 6) is 0. The minimum absolute atomic E-state index is 0.264. The summed E-state index contributed by atoms with van der Waals surface area (Å²) in [5.41, 5.74) is 2.40. The molecule has 1 N–H and O–H groups in total. The molecule has 0 amide bonds. The van der Waals surface area contributed by atoms with Crippen LogP contribution >= 0.6 is 15.9 Å². The SMILES string of the molecule is Brc1ccc([C@H](Cc2ccccn2)N[C@@H]2CCOC2)cc1. The van der Waals surface area contributed by atoms with Gasteiger partial charge in [0.2, 0.25) is 0 Å². The second-order valence-corrected chi connectivity index (χ2v) is 6.27. The molecule has 2 heterocycles. The van der Waals surface area contributed by atoms with Crippen LogP contribution in [0.15, 0.2) is 53.1 Å². The highest BCUT2D eigenvalue weighted by atomic mass is 79.9. The first-order chi connectivity index (χ1) is 10.3. The first kappa shape index (κ1) is 14.7. The maximum Gasteiger partial charge on any atom is 0.0620 e. The molecule has 1 saturated heterocycles. The van der Waals surface area contributed by atoms with Crippen LogP contribution in [0, 0.1) is 0 Å². The summed E-state index contributed by atoms with van der Waals surface area (Å²) in [6.07, 6.45) is 3.82. The molecule has 0 saturated carbocycles. The van der Waals surface area contributed by atoms with Crippen molar-refractivity contribution in [3.05, 3.63) is 64.4 Å². The molecule has 2 aromatic rings. The average Bonchev–Trinajstić information content (AvgIpc) is 3.01. The van der Waals surface area contributed by atoms with Crippen molar-refractivity contribution in [2.24, 2.45) is 0 Å². The summed E-state index contributed by atoms with van der Waals surface area (Å²) < 4.78 is 6.58. The van der Waals surface area contributed by atoms with E-state index in [1.54, 1.807) is 0 Å². The third-order valence-electron chi connectivity index (χ3n) is 3.78. The second-order valence-electron chi connectivity index (χ2n) is 5.36. The average molecular weight is 347 g/mol. The van der Waals surface area contributed by atoms with Crippen molar-refractivity contribution in [1.82, 2.24) is 10.3 Å². The number of halogens is 1. The molecule has 0 spiro atoms. The Bertz CT molecular complexity index is 553. The topological polar surface area (TPSA) is 34.2 Å². The Morgan fingerprint density at radius 1 is 1.24 bits per heavy atom. The van der Waals surface area contributed by atoms with Crippen molar-refractivity contribution in [3.63, 3.8) is 0 Å². The molecule has 2 atom stereocenters. The lowest BCUT2D eigenvalue weighted by atomic mass is 10.0. The van der Waals surface area contributed by atoms with Gasteiger partial charge in [-0.05, 0) is 36.2 Å². The van der Waals surface area contributed by atoms with Gasteiger partial charge >= 0.3 is 0 Å². The molecule has 3 nitrogen and oxygen atoms in total. The van der Waals surface area contributed by atoms with E-state index >= 15 is 0 Å². The van der Waals surface area contributed by atoms with E-state index in [-0.39, 0.29) is 6.04 Å². The third kappa shape index (κ3) is 4.13. The lowest BCUT2D eigenvalue weighted by molar-refractivity contribution is 0.188. The molecule has 0 bridgehead atoms. The monoisotopic (exact) mass is 346 g/mol. The van der Waals surface area contributed by atoms with Gasteiger partial charge in [0.05, 0.1) is 6.61 Å². The van der Waals surface area contributed by atoms with E-state index in [9.17, 15) is 0 Å². The molecule has 0 unspecified atom stereocenters. The zero-order chi connectivity index (χ0) is 14.5. The maximum atomic E-state index is 5.48. The molecule has 0 radical (unpaired) electrons. The van der Waals surface area contributed by atoms with Crippen molar-refractivity contribution in [1.29, 1.82) is 0 Å². The van der Waals surface area contributed by atoms with Crippen LogP contribution in [-0.2, 0) is 11.2 Å². The largest absolute Gasteiger partial charge is 0.380 e. The first-order valence-electron chi connectivity index (χ1n) is 7.30. The first-order valence-corrected chi connectivity index (χ1v) is 8.10. The summed E-state index contributed by atoms with van der Waals surface area (Å²) >= 11 is 3.50. The lowest BCUT2D eigenvalue weighted by Gasteiger charge is -2.22. The highest BCUT2D eigenvalue weighted by Crippen LogP contribution is 2.22. The highest BCUT2D eigenvalue weighted by Gasteiger charge is 2.21. The fourth-order valence-corrected chi connectivity index (χ4v) is 2.91. The Hall–Kier alpha value is -1.23. The normalized spacial score (nSPS) is 19.6. The van der Waals surface area contributed by atoms with Crippen molar-refractivity contribution in [3.8, 4) is 0 Å². The number of hydrogen-bond acceptors (Lipinski definition) is 3. The third-order valence-corrected chi connectivity index (χ3v) is 4.31. The number of benzene rings is 1. The van der Waals surface area contributed by atoms with Gasteiger partial charge in [0.1, 0.15) is 0 Å². The predicted octanol–water partition coefficient (Wildman–Crippen LogP) is 3.51. The Balaban J connectivity index is 1.77. The number of nitrogens with zero attached hydrogens (tertiary/aromatic N) is 1. The van der Waals surface area contributed by atoms with E-state index in [0.717, 1.165) is 36.2 Å². The van der Waals surface area contributed by atoms with Crippen LogP contribution in [0.1, 0.15) is 23.7 Å². The van der Waals surface area contributed by atoms with Crippen molar-refractivity contribution < 1.29 is 4.74 Å². The Morgan fingerprint density at radius 2 is 2.10 bits per heavy atom. The molecular formula is C17H19BrN2O. The van der Waals surface area contributed by atoms with Crippen LogP contribution < -0.4 is 5.32 Å². The molecule has 1 aromatic carbocycles. The minimum atomic E-state index is 0.264. The molecule has 1 aliphatic rings. The number of aromatic nitrogens is 1. The molecule has 0 aliphatic carbocycles. The molecular weight excluding hydrogens is 328 g/mol. The van der Waals surface area contributed by atoms with Gasteiger partial charge in [-0.15, -0.1) is 0 Å². The van der Waals surface area contributed by atoms with Gasteiger partial charge in [0.25, 0.3) is 0 Å². The summed E-state index contributed by atoms with van der Waals surface area (Å²) in [6.45, 7) is 1.66. The van der Waals surface area contributed by atoms with E-state index in [1.807, 2.05) is 18.3 Å². The molecule has 4 heteroatoms. The smallest absolute Gasteiger partial charge is 0.0620 e. The van der Waals surface area contributed by atoms with Gasteiger partial charge in [-0.25, -0.2) is 0 Å². The fraction of sp³-hybridized carbons (Fsp3) is 0.353. The molecule has 1 aromatic heterocycles. The van der Waals surface area contributed by atoms with Crippen molar-refractivity contribution in [2.75, 3.05) is 13.2 Å². The lowest BCUT2D eigenvalue weighted by Crippen LogP contribution is -2.34. The standard InChI is InChI=1S/C17H19BrN2O/c18-14-6-4-13(5-7-14)17(20-16-8-10-21-12-16)11-15-3-1-2-9-19-15/h1-7,9,16-17,20H,8,10-12H2/t16-,17+/m1/s1. The van der Waals surface area contributed by atoms with E-state index in [0.29, 0.717) is 6.04 Å². The predicted molar refractivity (Wildman–Crippen MR) is 87.2 cm³/mol. The fourth-order valence-electron chi connectivity index (χ4n) is 2.65. The summed E-state index contributed by atoms with van der Waals surface area (Å²) in [5, 5.41) is 3.72. The number of hydrogen-bond donors (Lipinski definition) is 1. The van der Waals surface area contributed by atoms with Crippen LogP contribution in [0.2, 0.25) is 0 Å². The minimum Gasteiger partial charge on any atom is -0.380 e. The van der Waals surface area contributed by atoms with Gasteiger partial charge in [-0.1, -0.05) is 34.1 Å². The summed E-state index contributed by atoms with van der Waals surface area (Å²) in [7, 11) is 0. The van der Waals surface area contributed by atoms with Crippen LogP contribution in [0.3, 0.4) is 0 Å². The van der Waals surface area contributed by atoms with E-state index in [2.05, 4.69) is 56.6 Å². The number of rotatable bonds is 5. The number of ether oxygens (including phenoxy) is 1. The number of pyridine rings is 1. The molecule has 1 aliphatic heterocycles. The highest BCUT2D eigenvalue weighted by molar-refractivity contribution is 9.10. The van der Waals surface area contributed by atoms with Crippen molar-refractivity contribution in [2.45, 2.75) is 24.9 Å². The van der Waals surface area contributed by atoms with Gasteiger partial charge in [0, 0.05) is 41.5 Å². The zero-order valence-corrected chi connectivity index (χ0v) is 13.4. The molecule has 21 heavy (non-hydrogen) atoms. The van der Waals surface area contributed by atoms with E-state index in [4.69, 9.17) is 4.74 Å². The zero-order valence-electron chi connectivity index (χ0n) is 11.8. The van der Waals surface area contributed by atoms with Gasteiger partial charge in [-0.3, -0.25) is 4.98 Å². The quantitative estimate of drug-likeness (QED) is 0.899. The summed E-state index contributed by atoms with van der Waals surface area (Å²) in [6, 6.07) is 15.3. The molecule has 110 valence electrons. The Kier molecular flexibility index (Phi) is 5.01. The molecule has 3 rings (SSSR count). The van der Waals surface area contributed by atoms with Crippen LogP contribution in [-0.4, -0.2) is 24.2 Å². The van der Waals surface area contributed by atoms with E-state index in [1.165, 1.54) is 5.56 Å². The second kappa shape index (κ2) is 7.16. The van der Waals surface area contributed by atoms with Gasteiger partial charge in [0.15, 0.2) is 0 Å². The van der Waals surface area contributed by atoms with Crippen LogP contribution in [0.25, 0.3) is 0 Å². The maximum absolute atomic E-state index is 5.48. The van der Waals surface area contributed by atoms with Gasteiger partial charge in [-0.2, -0.15) is 0 Å².